The van der Waals surface area contributed by atoms with E-state index >= 15 is 0 Å². The molecule has 1 aliphatic carbocycles. The number of ether oxygens (including phenoxy) is 1. The molecule has 1 aliphatic heterocycles. The summed E-state index contributed by atoms with van der Waals surface area (Å²) in [6.07, 6.45) is 6.00. The van der Waals surface area contributed by atoms with E-state index in [-0.39, 0.29) is 5.91 Å². The lowest BCUT2D eigenvalue weighted by Crippen LogP contribution is -2.29. The fraction of sp³-hybridized carbons (Fsp3) is 0.500. The highest BCUT2D eigenvalue weighted by Crippen LogP contribution is 2.30. The van der Waals surface area contributed by atoms with Gasteiger partial charge >= 0.3 is 0 Å². The average Bonchev–Trinajstić information content (AvgIpc) is 3.51. The number of hydrogen-bond donors (Lipinski definition) is 1. The van der Waals surface area contributed by atoms with Gasteiger partial charge in [-0.2, -0.15) is 0 Å². The number of rotatable bonds is 9. The van der Waals surface area contributed by atoms with Gasteiger partial charge in [0.1, 0.15) is 5.75 Å². The maximum absolute atomic E-state index is 12.4. The van der Waals surface area contributed by atoms with Crippen LogP contribution >= 0.6 is 0 Å². The van der Waals surface area contributed by atoms with Gasteiger partial charge in [0.15, 0.2) is 0 Å². The Labute approximate surface area is 180 Å². The molecule has 2 unspecified atom stereocenters. The Hall–Kier alpha value is -2.33. The van der Waals surface area contributed by atoms with Gasteiger partial charge in [0.05, 0.1) is 6.61 Å². The van der Waals surface area contributed by atoms with Crippen LogP contribution in [-0.2, 0) is 6.42 Å². The lowest BCUT2D eigenvalue weighted by Gasteiger charge is -2.29. The fourth-order valence-electron chi connectivity index (χ4n) is 4.31. The molecule has 0 spiro atoms. The van der Waals surface area contributed by atoms with Crippen LogP contribution in [0.1, 0.15) is 67.1 Å². The number of amides is 1. The average molecular weight is 407 g/mol. The van der Waals surface area contributed by atoms with Crippen molar-refractivity contribution in [2.75, 3.05) is 19.7 Å². The minimum absolute atomic E-state index is 0.0305. The smallest absolute Gasteiger partial charge is 0.251 e. The number of nitrogens with zero attached hydrogens (tertiary/aromatic N) is 1. The number of nitrogens with one attached hydrogen (secondary N) is 1. The molecule has 2 atom stereocenters. The Morgan fingerprint density at radius 3 is 2.47 bits per heavy atom. The summed E-state index contributed by atoms with van der Waals surface area (Å²) in [6, 6.07) is 17.5. The van der Waals surface area contributed by atoms with Crippen molar-refractivity contribution >= 4 is 5.91 Å². The van der Waals surface area contributed by atoms with Gasteiger partial charge in [-0.25, -0.2) is 0 Å². The van der Waals surface area contributed by atoms with Crippen molar-refractivity contribution in [2.24, 2.45) is 5.92 Å². The zero-order valence-corrected chi connectivity index (χ0v) is 18.3. The van der Waals surface area contributed by atoms with Crippen molar-refractivity contribution in [1.29, 1.82) is 0 Å². The Balaban J connectivity index is 1.22. The number of hydrogen-bond acceptors (Lipinski definition) is 3. The summed E-state index contributed by atoms with van der Waals surface area (Å²) in [7, 11) is 0. The van der Waals surface area contributed by atoms with Crippen LogP contribution in [0.15, 0.2) is 48.5 Å². The minimum Gasteiger partial charge on any atom is -0.493 e. The third-order valence-corrected chi connectivity index (χ3v) is 6.56. The highest BCUT2D eigenvalue weighted by molar-refractivity contribution is 5.94. The normalized spacial score (nSPS) is 20.1. The largest absolute Gasteiger partial charge is 0.493 e. The summed E-state index contributed by atoms with van der Waals surface area (Å²) in [6.45, 7) is 7.26. The molecule has 2 aromatic rings. The van der Waals surface area contributed by atoms with Crippen LogP contribution in [0, 0.1) is 5.92 Å². The quantitative estimate of drug-likeness (QED) is 0.638. The first-order valence-electron chi connectivity index (χ1n) is 11.5. The van der Waals surface area contributed by atoms with Crippen LogP contribution in [-0.4, -0.2) is 36.5 Å². The SMILES string of the molecule is CC1CCCN1C(C)c1ccc(CCNC(=O)c2ccc(OCC3CC3)cc2)cc1. The lowest BCUT2D eigenvalue weighted by atomic mass is 10.0. The number of benzene rings is 2. The Morgan fingerprint density at radius 1 is 1.10 bits per heavy atom. The van der Waals surface area contributed by atoms with E-state index in [1.54, 1.807) is 0 Å². The molecule has 0 radical (unpaired) electrons. The van der Waals surface area contributed by atoms with Gasteiger partial charge in [-0.3, -0.25) is 9.69 Å². The van der Waals surface area contributed by atoms with Crippen LogP contribution in [0.4, 0.5) is 0 Å². The van der Waals surface area contributed by atoms with E-state index < -0.39 is 0 Å². The predicted molar refractivity (Wildman–Crippen MR) is 121 cm³/mol. The molecular weight excluding hydrogens is 372 g/mol. The van der Waals surface area contributed by atoms with E-state index in [0.29, 0.717) is 24.2 Å². The van der Waals surface area contributed by atoms with Crippen LogP contribution < -0.4 is 10.1 Å². The highest BCUT2D eigenvalue weighted by Gasteiger charge is 2.25. The zero-order chi connectivity index (χ0) is 20.9. The standard InChI is InChI=1S/C26H34N2O2/c1-19-4-3-17-28(19)20(2)23-9-7-21(8-10-23)15-16-27-26(29)24-11-13-25(14-12-24)30-18-22-5-6-22/h7-14,19-20,22H,3-6,15-18H2,1-2H3,(H,27,29). The van der Waals surface area contributed by atoms with Crippen molar-refractivity contribution in [2.45, 2.75) is 58.0 Å². The maximum atomic E-state index is 12.4. The molecule has 0 aromatic heterocycles. The third-order valence-electron chi connectivity index (χ3n) is 6.56. The van der Waals surface area contributed by atoms with E-state index in [4.69, 9.17) is 4.74 Å². The Kier molecular flexibility index (Phi) is 6.73. The molecule has 1 amide bonds. The number of carbonyl (C=O) groups excluding carboxylic acids is 1. The van der Waals surface area contributed by atoms with Crippen molar-refractivity contribution in [1.82, 2.24) is 10.2 Å². The van der Waals surface area contributed by atoms with Gasteiger partial charge in [-0.05, 0) is 93.8 Å². The molecule has 1 saturated heterocycles. The van der Waals surface area contributed by atoms with Crippen molar-refractivity contribution in [3.05, 3.63) is 65.2 Å². The monoisotopic (exact) mass is 406 g/mol. The van der Waals surface area contributed by atoms with Crippen molar-refractivity contribution in [3.8, 4) is 5.75 Å². The summed E-state index contributed by atoms with van der Waals surface area (Å²) in [5, 5.41) is 3.03. The summed E-state index contributed by atoms with van der Waals surface area (Å²) < 4.78 is 5.73. The van der Waals surface area contributed by atoms with Gasteiger partial charge in [0.2, 0.25) is 0 Å². The lowest BCUT2D eigenvalue weighted by molar-refractivity contribution is 0.0954. The van der Waals surface area contributed by atoms with Crippen LogP contribution in [0.2, 0.25) is 0 Å². The highest BCUT2D eigenvalue weighted by atomic mass is 16.5. The molecule has 1 saturated carbocycles. The summed E-state index contributed by atoms with van der Waals surface area (Å²) >= 11 is 0. The number of likely N-dealkylation sites (tertiary alicyclic amines) is 1. The van der Waals surface area contributed by atoms with Crippen molar-refractivity contribution in [3.63, 3.8) is 0 Å². The van der Waals surface area contributed by atoms with E-state index in [9.17, 15) is 4.79 Å². The van der Waals surface area contributed by atoms with Gasteiger partial charge in [-0.15, -0.1) is 0 Å². The molecule has 160 valence electrons. The summed E-state index contributed by atoms with van der Waals surface area (Å²) in [5.74, 6) is 1.54. The van der Waals surface area contributed by atoms with E-state index in [2.05, 4.69) is 48.3 Å². The molecular formula is C26H34N2O2. The number of carbonyl (C=O) groups is 1. The van der Waals surface area contributed by atoms with Crippen LogP contribution in [0.5, 0.6) is 5.75 Å². The molecule has 4 heteroatoms. The summed E-state index contributed by atoms with van der Waals surface area (Å²) in [5.41, 5.74) is 3.31. The van der Waals surface area contributed by atoms with E-state index in [0.717, 1.165) is 24.7 Å². The second-order valence-electron chi connectivity index (χ2n) is 8.93. The molecule has 2 aliphatic rings. The Bertz CT molecular complexity index is 827. The van der Waals surface area contributed by atoms with E-state index in [1.165, 1.54) is 43.4 Å². The maximum Gasteiger partial charge on any atom is 0.251 e. The van der Waals surface area contributed by atoms with Gasteiger partial charge in [-0.1, -0.05) is 24.3 Å². The second-order valence-corrected chi connectivity index (χ2v) is 8.93. The van der Waals surface area contributed by atoms with Crippen LogP contribution in [0.3, 0.4) is 0 Å². The minimum atomic E-state index is -0.0305. The first-order valence-corrected chi connectivity index (χ1v) is 11.5. The predicted octanol–water partition coefficient (Wildman–Crippen LogP) is 4.99. The zero-order valence-electron chi connectivity index (χ0n) is 18.3. The van der Waals surface area contributed by atoms with Crippen molar-refractivity contribution < 1.29 is 9.53 Å². The molecule has 2 fully saturated rings. The molecule has 0 bridgehead atoms. The molecule has 4 nitrogen and oxygen atoms in total. The summed E-state index contributed by atoms with van der Waals surface area (Å²) in [4.78, 5) is 15.0. The van der Waals surface area contributed by atoms with Gasteiger partial charge in [0, 0.05) is 24.2 Å². The van der Waals surface area contributed by atoms with E-state index in [1.807, 2.05) is 24.3 Å². The van der Waals surface area contributed by atoms with Gasteiger partial charge in [0.25, 0.3) is 5.91 Å². The topological polar surface area (TPSA) is 41.6 Å². The fourth-order valence-corrected chi connectivity index (χ4v) is 4.31. The Morgan fingerprint density at radius 2 is 1.83 bits per heavy atom. The second kappa shape index (κ2) is 9.65. The molecule has 30 heavy (non-hydrogen) atoms. The molecule has 4 rings (SSSR count). The first kappa shape index (κ1) is 20.9. The third kappa shape index (κ3) is 5.42. The molecule has 1 N–H and O–H groups in total. The molecule has 1 heterocycles. The van der Waals surface area contributed by atoms with Crippen LogP contribution in [0.25, 0.3) is 0 Å². The first-order chi connectivity index (χ1) is 14.6. The van der Waals surface area contributed by atoms with Gasteiger partial charge < -0.3 is 10.1 Å². The molecule has 2 aromatic carbocycles.